The summed E-state index contributed by atoms with van der Waals surface area (Å²) in [7, 11) is 0. The zero-order valence-corrected chi connectivity index (χ0v) is 16.7. The molecule has 3 heterocycles. The summed E-state index contributed by atoms with van der Waals surface area (Å²) in [5.41, 5.74) is -0.0401. The van der Waals surface area contributed by atoms with Gasteiger partial charge in [0.1, 0.15) is 6.61 Å². The normalized spacial score (nSPS) is 24.0. The number of ether oxygens (including phenoxy) is 1. The molecular weight excluding hydrogens is 375 g/mol. The molecule has 3 aliphatic rings. The lowest BCUT2D eigenvalue weighted by molar-refractivity contribution is -0.149. The van der Waals surface area contributed by atoms with Gasteiger partial charge in [0.15, 0.2) is 5.82 Å². The van der Waals surface area contributed by atoms with E-state index >= 15 is 0 Å². The van der Waals surface area contributed by atoms with Crippen LogP contribution in [0.3, 0.4) is 0 Å². The van der Waals surface area contributed by atoms with Crippen LogP contribution in [-0.2, 0) is 9.53 Å². The van der Waals surface area contributed by atoms with Crippen LogP contribution in [0.2, 0.25) is 0 Å². The summed E-state index contributed by atoms with van der Waals surface area (Å²) < 4.78 is 19.2. The van der Waals surface area contributed by atoms with Gasteiger partial charge in [-0.1, -0.05) is 0 Å². The summed E-state index contributed by atoms with van der Waals surface area (Å²) in [4.78, 5) is 32.5. The molecule has 0 bridgehead atoms. The van der Waals surface area contributed by atoms with Crippen LogP contribution < -0.4 is 5.32 Å². The van der Waals surface area contributed by atoms with Crippen LogP contribution in [0.1, 0.15) is 36.0 Å². The summed E-state index contributed by atoms with van der Waals surface area (Å²) >= 11 is 0. The minimum Gasteiger partial charge on any atom is -0.365 e. The molecule has 158 valence electrons. The molecule has 0 radical (unpaired) electrons. The first-order valence-corrected chi connectivity index (χ1v) is 10.6. The predicted octanol–water partition coefficient (Wildman–Crippen LogP) is 1.30. The predicted molar refractivity (Wildman–Crippen MR) is 105 cm³/mol. The van der Waals surface area contributed by atoms with Crippen molar-refractivity contribution in [3.05, 3.63) is 29.8 Å². The monoisotopic (exact) mass is 404 g/mol. The van der Waals surface area contributed by atoms with Crippen molar-refractivity contribution in [3.63, 3.8) is 0 Å². The molecule has 1 aliphatic carbocycles. The molecule has 1 saturated carbocycles. The Morgan fingerprint density at radius 3 is 2.69 bits per heavy atom. The van der Waals surface area contributed by atoms with Gasteiger partial charge < -0.3 is 19.9 Å². The molecule has 29 heavy (non-hydrogen) atoms. The van der Waals surface area contributed by atoms with E-state index in [1.165, 1.54) is 31.6 Å². The third-order valence-corrected chi connectivity index (χ3v) is 6.13. The third kappa shape index (κ3) is 5.51. The molecular formula is C21H29FN4O3. The van der Waals surface area contributed by atoms with E-state index in [0.717, 1.165) is 44.6 Å². The Kier molecular flexibility index (Phi) is 6.40. The Morgan fingerprint density at radius 2 is 1.97 bits per heavy atom. The fraction of sp³-hybridized carbons (Fsp3) is 0.667. The number of likely N-dealkylation sites (tertiary alicyclic amines) is 1. The van der Waals surface area contributed by atoms with Gasteiger partial charge in [-0.25, -0.2) is 4.39 Å². The van der Waals surface area contributed by atoms with E-state index in [9.17, 15) is 14.0 Å². The summed E-state index contributed by atoms with van der Waals surface area (Å²) in [6.07, 6.45) is 7.13. The third-order valence-electron chi connectivity index (χ3n) is 6.13. The average molecular weight is 404 g/mol. The first-order valence-electron chi connectivity index (χ1n) is 10.6. The Balaban J connectivity index is 1.22. The molecule has 3 fully saturated rings. The number of amides is 2. The van der Waals surface area contributed by atoms with Crippen molar-refractivity contribution in [2.45, 2.75) is 31.8 Å². The molecule has 1 atom stereocenters. The number of piperidine rings is 1. The van der Waals surface area contributed by atoms with E-state index in [1.54, 1.807) is 0 Å². The smallest absolute Gasteiger partial charge is 0.254 e. The highest BCUT2D eigenvalue weighted by Crippen LogP contribution is 2.31. The van der Waals surface area contributed by atoms with Gasteiger partial charge in [0, 0.05) is 32.4 Å². The highest BCUT2D eigenvalue weighted by molar-refractivity contribution is 5.94. The minimum atomic E-state index is -0.653. The Labute approximate surface area is 170 Å². The molecule has 2 amide bonds. The van der Waals surface area contributed by atoms with Crippen molar-refractivity contribution in [3.8, 4) is 0 Å². The van der Waals surface area contributed by atoms with Crippen molar-refractivity contribution >= 4 is 11.8 Å². The second kappa shape index (κ2) is 9.17. The number of pyridine rings is 1. The van der Waals surface area contributed by atoms with Crippen molar-refractivity contribution in [1.82, 2.24) is 20.1 Å². The first-order chi connectivity index (χ1) is 14.1. The van der Waals surface area contributed by atoms with Crippen molar-refractivity contribution in [2.75, 3.05) is 45.9 Å². The fourth-order valence-electron chi connectivity index (χ4n) is 4.17. The van der Waals surface area contributed by atoms with E-state index in [4.69, 9.17) is 4.74 Å². The number of morpholine rings is 1. The fourth-order valence-corrected chi connectivity index (χ4v) is 4.17. The molecule has 0 spiro atoms. The van der Waals surface area contributed by atoms with Crippen LogP contribution in [0.4, 0.5) is 4.39 Å². The maximum Gasteiger partial charge on any atom is 0.254 e. The average Bonchev–Trinajstić information content (AvgIpc) is 3.54. The van der Waals surface area contributed by atoms with Crippen LogP contribution in [0.5, 0.6) is 0 Å². The standard InChI is InChI=1S/C21H29FN4O3/c22-19-10-23-6-3-18(19)21(28)24-9-17-13-26(20(27)14-29-17)12-16-4-7-25(8-5-16)11-15-1-2-15/h3,6,10,15-17H,1-2,4-5,7-9,11-14H2,(H,24,28). The van der Waals surface area contributed by atoms with Crippen LogP contribution in [0.15, 0.2) is 18.5 Å². The van der Waals surface area contributed by atoms with Gasteiger partial charge in [-0.15, -0.1) is 0 Å². The number of nitrogens with one attached hydrogen (secondary N) is 1. The molecule has 2 aliphatic heterocycles. The molecule has 1 aromatic heterocycles. The highest BCUT2D eigenvalue weighted by atomic mass is 19.1. The van der Waals surface area contributed by atoms with E-state index in [-0.39, 0.29) is 30.7 Å². The number of aromatic nitrogens is 1. The summed E-state index contributed by atoms with van der Waals surface area (Å²) in [6, 6.07) is 1.35. The van der Waals surface area contributed by atoms with Crippen LogP contribution in [-0.4, -0.2) is 78.6 Å². The lowest BCUT2D eigenvalue weighted by Crippen LogP contribution is -2.52. The molecule has 4 rings (SSSR count). The molecule has 1 unspecified atom stereocenters. The zero-order chi connectivity index (χ0) is 20.2. The Morgan fingerprint density at radius 1 is 1.21 bits per heavy atom. The topological polar surface area (TPSA) is 74.8 Å². The molecule has 0 aromatic carbocycles. The van der Waals surface area contributed by atoms with E-state index in [0.29, 0.717) is 12.5 Å². The molecule has 7 nitrogen and oxygen atoms in total. The number of rotatable bonds is 7. The number of halogens is 1. The van der Waals surface area contributed by atoms with Crippen LogP contribution in [0, 0.1) is 17.7 Å². The maximum absolute atomic E-state index is 13.7. The van der Waals surface area contributed by atoms with Gasteiger partial charge in [-0.2, -0.15) is 0 Å². The second-order valence-corrected chi connectivity index (χ2v) is 8.48. The summed E-state index contributed by atoms with van der Waals surface area (Å²) in [5, 5.41) is 2.70. The molecule has 8 heteroatoms. The quantitative estimate of drug-likeness (QED) is 0.742. The van der Waals surface area contributed by atoms with E-state index in [2.05, 4.69) is 15.2 Å². The summed E-state index contributed by atoms with van der Waals surface area (Å²) in [6.45, 7) is 4.97. The molecule has 1 aromatic rings. The highest BCUT2D eigenvalue weighted by Gasteiger charge is 2.31. The maximum atomic E-state index is 13.7. The number of hydrogen-bond acceptors (Lipinski definition) is 5. The lowest BCUT2D eigenvalue weighted by atomic mass is 9.95. The summed E-state index contributed by atoms with van der Waals surface area (Å²) in [5.74, 6) is 0.296. The number of nitrogens with zero attached hydrogens (tertiary/aromatic N) is 3. The van der Waals surface area contributed by atoms with Gasteiger partial charge in [0.25, 0.3) is 5.91 Å². The zero-order valence-electron chi connectivity index (χ0n) is 16.7. The number of hydrogen-bond donors (Lipinski definition) is 1. The molecule has 1 N–H and O–H groups in total. The van der Waals surface area contributed by atoms with Crippen LogP contribution >= 0.6 is 0 Å². The number of carbonyl (C=O) groups excluding carboxylic acids is 2. The Hall–Kier alpha value is -2.06. The Bertz CT molecular complexity index is 734. The lowest BCUT2D eigenvalue weighted by Gasteiger charge is -2.38. The van der Waals surface area contributed by atoms with Gasteiger partial charge in [0.05, 0.1) is 17.9 Å². The van der Waals surface area contributed by atoms with Gasteiger partial charge >= 0.3 is 0 Å². The van der Waals surface area contributed by atoms with Crippen molar-refractivity contribution in [1.29, 1.82) is 0 Å². The van der Waals surface area contributed by atoms with Gasteiger partial charge in [-0.05, 0) is 56.7 Å². The second-order valence-electron chi connectivity index (χ2n) is 8.48. The van der Waals surface area contributed by atoms with Gasteiger partial charge in [0.2, 0.25) is 5.91 Å². The van der Waals surface area contributed by atoms with E-state index in [1.807, 2.05) is 4.90 Å². The van der Waals surface area contributed by atoms with Crippen molar-refractivity contribution in [2.24, 2.45) is 11.8 Å². The first kappa shape index (κ1) is 20.2. The number of carbonyl (C=O) groups is 2. The molecule has 2 saturated heterocycles. The van der Waals surface area contributed by atoms with Crippen LogP contribution in [0.25, 0.3) is 0 Å². The SMILES string of the molecule is O=C(NCC1CN(CC2CCN(CC3CC3)CC2)C(=O)CO1)c1ccncc1F. The van der Waals surface area contributed by atoms with Crippen molar-refractivity contribution < 1.29 is 18.7 Å². The minimum absolute atomic E-state index is 0.00756. The van der Waals surface area contributed by atoms with Gasteiger partial charge in [-0.3, -0.25) is 14.6 Å². The largest absolute Gasteiger partial charge is 0.365 e. The van der Waals surface area contributed by atoms with E-state index < -0.39 is 11.7 Å².